The number of aromatic nitrogens is 2. The molecule has 1 amide bonds. The molecule has 1 aliphatic carbocycles. The van der Waals surface area contributed by atoms with Gasteiger partial charge in [-0.25, -0.2) is 4.98 Å². The van der Waals surface area contributed by atoms with Crippen LogP contribution in [0.3, 0.4) is 0 Å². The van der Waals surface area contributed by atoms with Crippen molar-refractivity contribution >= 4 is 56.5 Å². The summed E-state index contributed by atoms with van der Waals surface area (Å²) in [7, 11) is 0. The van der Waals surface area contributed by atoms with Gasteiger partial charge in [0, 0.05) is 11.4 Å². The number of rotatable bonds is 5. The van der Waals surface area contributed by atoms with Crippen molar-refractivity contribution in [1.29, 1.82) is 0 Å². The number of hydrogen-bond acceptors (Lipinski definition) is 5. The molecule has 8 heteroatoms. The third-order valence-electron chi connectivity index (χ3n) is 5.09. The van der Waals surface area contributed by atoms with E-state index in [4.69, 9.17) is 16.6 Å². The Labute approximate surface area is 182 Å². The molecule has 0 atom stereocenters. The predicted molar refractivity (Wildman–Crippen MR) is 122 cm³/mol. The number of anilines is 1. The van der Waals surface area contributed by atoms with Gasteiger partial charge in [-0.15, -0.1) is 11.3 Å². The second-order valence-electron chi connectivity index (χ2n) is 7.15. The highest BCUT2D eigenvalue weighted by molar-refractivity contribution is 7.99. The Balaban J connectivity index is 1.57. The second kappa shape index (κ2) is 8.50. The Bertz CT molecular complexity index is 1150. The fourth-order valence-corrected chi connectivity index (χ4v) is 6.09. The van der Waals surface area contributed by atoms with Crippen LogP contribution in [0.25, 0.3) is 10.2 Å². The number of thiophene rings is 1. The number of thioether (sulfide) groups is 1. The molecule has 0 fully saturated rings. The number of fused-ring (bicyclic) bond motifs is 3. The Morgan fingerprint density at radius 3 is 2.90 bits per heavy atom. The van der Waals surface area contributed by atoms with E-state index in [9.17, 15) is 9.59 Å². The van der Waals surface area contributed by atoms with Crippen LogP contribution < -0.4 is 10.9 Å². The minimum absolute atomic E-state index is 0.0152. The number of halogens is 1. The van der Waals surface area contributed by atoms with Gasteiger partial charge in [0.05, 0.1) is 21.8 Å². The molecular formula is C21H22ClN3O2S2. The summed E-state index contributed by atoms with van der Waals surface area (Å²) in [5, 5.41) is 4.72. The van der Waals surface area contributed by atoms with E-state index in [0.717, 1.165) is 35.0 Å². The van der Waals surface area contributed by atoms with Crippen molar-refractivity contribution in [2.75, 3.05) is 11.1 Å². The van der Waals surface area contributed by atoms with E-state index in [1.54, 1.807) is 22.0 Å². The van der Waals surface area contributed by atoms with Crippen LogP contribution in [-0.4, -0.2) is 21.2 Å². The number of carbonyl (C=O) groups excluding carboxylic acids is 1. The third-order valence-corrected chi connectivity index (χ3v) is 7.56. The molecular weight excluding hydrogens is 426 g/mol. The van der Waals surface area contributed by atoms with Crippen LogP contribution in [0.2, 0.25) is 5.02 Å². The Morgan fingerprint density at radius 2 is 2.14 bits per heavy atom. The smallest absolute Gasteiger partial charge is 0.263 e. The molecule has 152 valence electrons. The van der Waals surface area contributed by atoms with E-state index in [2.05, 4.69) is 5.32 Å². The molecule has 1 aliphatic rings. The summed E-state index contributed by atoms with van der Waals surface area (Å²) >= 11 is 9.11. The second-order valence-corrected chi connectivity index (χ2v) is 9.59. The fraction of sp³-hybridized carbons (Fsp3) is 0.381. The van der Waals surface area contributed by atoms with Gasteiger partial charge in [0.1, 0.15) is 4.83 Å². The fourth-order valence-electron chi connectivity index (χ4n) is 3.65. The zero-order valence-electron chi connectivity index (χ0n) is 16.4. The number of carbonyl (C=O) groups is 1. The minimum Gasteiger partial charge on any atom is -0.324 e. The normalized spacial score (nSPS) is 13.5. The van der Waals surface area contributed by atoms with E-state index in [1.807, 2.05) is 26.0 Å². The molecule has 0 radical (unpaired) electrons. The lowest BCUT2D eigenvalue weighted by Gasteiger charge is -2.12. The number of aryl methyl sites for hydroxylation is 3. The lowest BCUT2D eigenvalue weighted by molar-refractivity contribution is -0.113. The van der Waals surface area contributed by atoms with E-state index < -0.39 is 0 Å². The molecule has 5 nitrogen and oxygen atoms in total. The van der Waals surface area contributed by atoms with Gasteiger partial charge in [0.2, 0.25) is 5.91 Å². The number of nitrogens with one attached hydrogen (secondary N) is 1. The average Bonchev–Trinajstić information content (AvgIpc) is 3.07. The van der Waals surface area contributed by atoms with Crippen molar-refractivity contribution in [3.8, 4) is 0 Å². The van der Waals surface area contributed by atoms with E-state index >= 15 is 0 Å². The van der Waals surface area contributed by atoms with Crippen LogP contribution in [0, 0.1) is 6.92 Å². The molecule has 0 saturated carbocycles. The lowest BCUT2D eigenvalue weighted by atomic mass is 9.97. The highest BCUT2D eigenvalue weighted by Gasteiger charge is 2.22. The summed E-state index contributed by atoms with van der Waals surface area (Å²) in [5.41, 5.74) is 2.83. The lowest BCUT2D eigenvalue weighted by Crippen LogP contribution is -2.24. The van der Waals surface area contributed by atoms with Gasteiger partial charge in [-0.3, -0.25) is 14.2 Å². The molecule has 1 N–H and O–H groups in total. The Kier molecular flexibility index (Phi) is 5.99. The summed E-state index contributed by atoms with van der Waals surface area (Å²) < 4.78 is 1.68. The standard InChI is InChI=1S/C21H22ClN3O2S2/c1-3-25-20(27)18-13-6-4-5-7-16(13)29-19(18)24-21(25)28-11-17(26)23-15-9-8-12(2)10-14(15)22/h8-10H,3-7,11H2,1-2H3,(H,23,26). The Morgan fingerprint density at radius 1 is 1.34 bits per heavy atom. The first kappa shape index (κ1) is 20.4. The van der Waals surface area contributed by atoms with Crippen molar-refractivity contribution < 1.29 is 4.79 Å². The quantitative estimate of drug-likeness (QED) is 0.439. The maximum atomic E-state index is 13.1. The van der Waals surface area contributed by atoms with Gasteiger partial charge in [-0.2, -0.15) is 0 Å². The molecule has 0 saturated heterocycles. The van der Waals surface area contributed by atoms with Gasteiger partial charge >= 0.3 is 0 Å². The summed E-state index contributed by atoms with van der Waals surface area (Å²) in [4.78, 5) is 32.4. The molecule has 1 aromatic carbocycles. The van der Waals surface area contributed by atoms with Gasteiger partial charge < -0.3 is 5.32 Å². The first-order chi connectivity index (χ1) is 14.0. The topological polar surface area (TPSA) is 64.0 Å². The molecule has 3 aromatic rings. The number of hydrogen-bond donors (Lipinski definition) is 1. The van der Waals surface area contributed by atoms with Crippen LogP contribution in [0.15, 0.2) is 28.2 Å². The summed E-state index contributed by atoms with van der Waals surface area (Å²) in [6.45, 7) is 4.41. The van der Waals surface area contributed by atoms with Gasteiger partial charge in [-0.1, -0.05) is 29.4 Å². The first-order valence-electron chi connectivity index (χ1n) is 9.71. The summed E-state index contributed by atoms with van der Waals surface area (Å²) in [6, 6.07) is 5.51. The maximum absolute atomic E-state index is 13.1. The summed E-state index contributed by atoms with van der Waals surface area (Å²) in [6.07, 6.45) is 4.29. The van der Waals surface area contributed by atoms with Gasteiger partial charge in [-0.05, 0) is 62.8 Å². The first-order valence-corrected chi connectivity index (χ1v) is 11.9. The molecule has 4 rings (SSSR count). The SMILES string of the molecule is CCn1c(SCC(=O)Nc2ccc(C)cc2Cl)nc2sc3c(c2c1=O)CCCC3. The minimum atomic E-state index is -0.178. The monoisotopic (exact) mass is 447 g/mol. The number of nitrogens with zero attached hydrogens (tertiary/aromatic N) is 2. The highest BCUT2D eigenvalue weighted by atomic mass is 35.5. The molecule has 2 heterocycles. The van der Waals surface area contributed by atoms with E-state index in [-0.39, 0.29) is 17.2 Å². The van der Waals surface area contributed by atoms with Crippen molar-refractivity contribution in [3.05, 3.63) is 49.6 Å². The van der Waals surface area contributed by atoms with E-state index in [0.29, 0.717) is 22.4 Å². The van der Waals surface area contributed by atoms with Crippen LogP contribution in [0.1, 0.15) is 35.8 Å². The largest absolute Gasteiger partial charge is 0.324 e. The average molecular weight is 448 g/mol. The van der Waals surface area contributed by atoms with Crippen LogP contribution >= 0.6 is 34.7 Å². The van der Waals surface area contributed by atoms with Crippen LogP contribution in [0.5, 0.6) is 0 Å². The van der Waals surface area contributed by atoms with Crippen molar-refractivity contribution in [2.24, 2.45) is 0 Å². The molecule has 29 heavy (non-hydrogen) atoms. The van der Waals surface area contributed by atoms with E-state index in [1.165, 1.54) is 28.6 Å². The van der Waals surface area contributed by atoms with Crippen LogP contribution in [0.4, 0.5) is 5.69 Å². The van der Waals surface area contributed by atoms with Crippen molar-refractivity contribution in [3.63, 3.8) is 0 Å². The maximum Gasteiger partial charge on any atom is 0.263 e. The van der Waals surface area contributed by atoms with Gasteiger partial charge in [0.25, 0.3) is 5.56 Å². The van der Waals surface area contributed by atoms with Crippen molar-refractivity contribution in [1.82, 2.24) is 9.55 Å². The zero-order chi connectivity index (χ0) is 20.5. The molecule has 2 aromatic heterocycles. The number of amides is 1. The molecule has 0 spiro atoms. The highest BCUT2D eigenvalue weighted by Crippen LogP contribution is 2.34. The number of benzene rings is 1. The van der Waals surface area contributed by atoms with Crippen molar-refractivity contribution in [2.45, 2.75) is 51.2 Å². The predicted octanol–water partition coefficient (Wildman–Crippen LogP) is 5.05. The summed E-state index contributed by atoms with van der Waals surface area (Å²) in [5.74, 6) is -0.0176. The van der Waals surface area contributed by atoms with Gasteiger partial charge in [0.15, 0.2) is 5.16 Å². The molecule has 0 bridgehead atoms. The Hall–Kier alpha value is -1.83. The van der Waals surface area contributed by atoms with Crippen LogP contribution in [-0.2, 0) is 24.2 Å². The molecule has 0 aliphatic heterocycles. The zero-order valence-corrected chi connectivity index (χ0v) is 18.8. The third kappa shape index (κ3) is 4.09. The molecule has 0 unspecified atom stereocenters.